The van der Waals surface area contributed by atoms with Crippen molar-refractivity contribution in [1.82, 2.24) is 4.98 Å². The Bertz CT molecular complexity index is 2160. The maximum absolute atomic E-state index is 6.52. The quantitative estimate of drug-likeness (QED) is 0.139. The van der Waals surface area contributed by atoms with Crippen molar-refractivity contribution in [3.05, 3.63) is 143 Å². The van der Waals surface area contributed by atoms with Crippen molar-refractivity contribution >= 4 is 70.9 Å². The molecule has 5 aromatic carbocycles. The molecule has 1 aromatic heterocycles. The van der Waals surface area contributed by atoms with Gasteiger partial charge in [0.1, 0.15) is 0 Å². The second-order valence-corrected chi connectivity index (χ2v) is 12.5. The van der Waals surface area contributed by atoms with Gasteiger partial charge in [-0.05, 0) is 79.8 Å². The molecule has 0 saturated heterocycles. The predicted molar refractivity (Wildman–Crippen MR) is 192 cm³/mol. The van der Waals surface area contributed by atoms with E-state index in [1.165, 1.54) is 43.7 Å². The number of hydrogen-bond acceptors (Lipinski definition) is 4. The summed E-state index contributed by atoms with van der Waals surface area (Å²) in [5.74, 6) is 2.22. The zero-order chi connectivity index (χ0) is 29.5. The van der Waals surface area contributed by atoms with Crippen LogP contribution in [0.15, 0.2) is 121 Å². The van der Waals surface area contributed by atoms with E-state index >= 15 is 0 Å². The molecule has 0 spiro atoms. The van der Waals surface area contributed by atoms with Gasteiger partial charge in [-0.25, -0.2) is 0 Å². The van der Waals surface area contributed by atoms with Crippen molar-refractivity contribution in [2.45, 2.75) is 6.04 Å². The molecular formula is C39H31N4P. The Morgan fingerprint density at radius 2 is 1.70 bits per heavy atom. The number of fused-ring (bicyclic) bond motifs is 5. The minimum atomic E-state index is 0.0601. The summed E-state index contributed by atoms with van der Waals surface area (Å²) in [6.07, 6.45) is 12.9. The first-order valence-electron chi connectivity index (χ1n) is 14.9. The molecule has 0 bridgehead atoms. The molecule has 4 nitrogen and oxygen atoms in total. The first-order valence-corrected chi connectivity index (χ1v) is 16.0. The number of pyridine rings is 1. The van der Waals surface area contributed by atoms with Crippen LogP contribution >= 0.6 is 8.58 Å². The lowest BCUT2D eigenvalue weighted by atomic mass is 9.93. The van der Waals surface area contributed by atoms with E-state index in [1.54, 1.807) is 0 Å². The Morgan fingerprint density at radius 1 is 0.818 bits per heavy atom. The Balaban J connectivity index is 1.01. The van der Waals surface area contributed by atoms with Crippen LogP contribution in [0.25, 0.3) is 51.0 Å². The topological polar surface area (TPSA) is 63.0 Å². The molecule has 44 heavy (non-hydrogen) atoms. The lowest BCUT2D eigenvalue weighted by Gasteiger charge is -2.26. The van der Waals surface area contributed by atoms with Gasteiger partial charge in [0.2, 0.25) is 0 Å². The number of nitrogens with zero attached hydrogens (tertiary/aromatic N) is 1. The first-order chi connectivity index (χ1) is 21.7. The SMILES string of the molecule is Nc1cc(-c2ccc3ccccc3c2)ccc1/C=C\Pc1ccc2c(c1)NC(c1cc3c(c4ncccc14)NCC=C3)C=C2. The van der Waals surface area contributed by atoms with Gasteiger partial charge in [0.15, 0.2) is 0 Å². The summed E-state index contributed by atoms with van der Waals surface area (Å²) in [6.45, 7) is 0.828. The van der Waals surface area contributed by atoms with Gasteiger partial charge in [-0.3, -0.25) is 4.98 Å². The predicted octanol–water partition coefficient (Wildman–Crippen LogP) is 9.23. The molecule has 2 unspecified atom stereocenters. The second kappa shape index (κ2) is 11.1. The highest BCUT2D eigenvalue weighted by molar-refractivity contribution is 7.50. The van der Waals surface area contributed by atoms with Crippen LogP contribution in [0.2, 0.25) is 0 Å². The molecule has 2 atom stereocenters. The van der Waals surface area contributed by atoms with Gasteiger partial charge >= 0.3 is 0 Å². The number of rotatable bonds is 5. The molecule has 0 fully saturated rings. The Morgan fingerprint density at radius 3 is 2.64 bits per heavy atom. The van der Waals surface area contributed by atoms with E-state index in [2.05, 4.69) is 138 Å². The van der Waals surface area contributed by atoms with E-state index in [-0.39, 0.29) is 6.04 Å². The average Bonchev–Trinajstić information content (AvgIpc) is 3.08. The van der Waals surface area contributed by atoms with E-state index in [9.17, 15) is 0 Å². The fourth-order valence-corrected chi connectivity index (χ4v) is 7.09. The summed E-state index contributed by atoms with van der Waals surface area (Å²) >= 11 is 0. The molecule has 0 radical (unpaired) electrons. The molecule has 3 heterocycles. The minimum absolute atomic E-state index is 0.0601. The summed E-state index contributed by atoms with van der Waals surface area (Å²) in [4.78, 5) is 4.74. The van der Waals surface area contributed by atoms with Crippen LogP contribution in [0.4, 0.5) is 17.1 Å². The van der Waals surface area contributed by atoms with Crippen molar-refractivity contribution in [3.8, 4) is 11.1 Å². The maximum Gasteiger partial charge on any atom is 0.0943 e. The van der Waals surface area contributed by atoms with Crippen LogP contribution in [-0.2, 0) is 0 Å². The van der Waals surface area contributed by atoms with Crippen molar-refractivity contribution in [2.24, 2.45) is 0 Å². The fourth-order valence-electron chi connectivity index (χ4n) is 6.23. The third-order valence-corrected chi connectivity index (χ3v) is 9.48. The fraction of sp³-hybridized carbons (Fsp3) is 0.0513. The van der Waals surface area contributed by atoms with Crippen molar-refractivity contribution in [1.29, 1.82) is 0 Å². The number of nitrogen functional groups attached to an aromatic ring is 1. The maximum atomic E-state index is 6.52. The molecule has 5 heteroatoms. The average molecular weight is 587 g/mol. The number of hydrogen-bond donors (Lipinski definition) is 3. The summed E-state index contributed by atoms with van der Waals surface area (Å²) in [5, 5.41) is 12.2. The normalized spacial score (nSPS) is 15.5. The Kier molecular flexibility index (Phi) is 6.70. The summed E-state index contributed by atoms with van der Waals surface area (Å²) < 4.78 is 0. The Hall–Kier alpha value is -5.18. The smallest absolute Gasteiger partial charge is 0.0943 e. The van der Waals surface area contributed by atoms with Crippen LogP contribution in [0.5, 0.6) is 0 Å². The van der Waals surface area contributed by atoms with Gasteiger partial charge in [-0.1, -0.05) is 112 Å². The van der Waals surface area contributed by atoms with Crippen LogP contribution in [0.3, 0.4) is 0 Å². The molecule has 2 aliphatic rings. The number of benzene rings is 5. The van der Waals surface area contributed by atoms with E-state index < -0.39 is 0 Å². The van der Waals surface area contributed by atoms with E-state index in [0.29, 0.717) is 8.58 Å². The molecular weight excluding hydrogens is 555 g/mol. The molecule has 6 aromatic rings. The molecule has 0 amide bonds. The summed E-state index contributed by atoms with van der Waals surface area (Å²) in [5.41, 5.74) is 17.6. The van der Waals surface area contributed by atoms with Crippen LogP contribution < -0.4 is 21.7 Å². The van der Waals surface area contributed by atoms with Gasteiger partial charge in [0.05, 0.1) is 17.2 Å². The van der Waals surface area contributed by atoms with Crippen molar-refractivity contribution in [2.75, 3.05) is 22.9 Å². The molecule has 8 rings (SSSR count). The lowest BCUT2D eigenvalue weighted by Crippen LogP contribution is -2.15. The molecule has 2 aliphatic heterocycles. The Labute approximate surface area is 258 Å². The molecule has 4 N–H and O–H groups in total. The largest absolute Gasteiger partial charge is 0.398 e. The standard InChI is InChI=1S/C39H31N4P/c40-35-23-30(29-11-9-25-5-1-2-6-28(25)21-29)12-10-26(35)17-20-44-32-15-13-27-14-16-36(43-37(27)24-32)34-22-31-7-3-18-41-38(31)39-33(34)8-4-19-42-39/h1-17,19-24,36,41,43-44H,18,40H2/b20-17-. The van der Waals surface area contributed by atoms with Gasteiger partial charge in [0.25, 0.3) is 0 Å². The van der Waals surface area contributed by atoms with Crippen molar-refractivity contribution < 1.29 is 0 Å². The summed E-state index contributed by atoms with van der Waals surface area (Å²) in [6, 6.07) is 34.6. The molecule has 0 aliphatic carbocycles. The number of anilines is 3. The third-order valence-electron chi connectivity index (χ3n) is 8.50. The number of aromatic nitrogens is 1. The van der Waals surface area contributed by atoms with E-state index in [0.717, 1.165) is 40.3 Å². The first kappa shape index (κ1) is 26.4. The van der Waals surface area contributed by atoms with Crippen LogP contribution in [0, 0.1) is 0 Å². The van der Waals surface area contributed by atoms with Gasteiger partial charge in [0, 0.05) is 29.5 Å². The minimum Gasteiger partial charge on any atom is -0.398 e. The van der Waals surface area contributed by atoms with Crippen molar-refractivity contribution in [3.63, 3.8) is 0 Å². The third kappa shape index (κ3) is 4.94. The second-order valence-electron chi connectivity index (χ2n) is 11.3. The van der Waals surface area contributed by atoms with Crippen LogP contribution in [-0.4, -0.2) is 11.5 Å². The number of nitrogens with two attached hydrogens (primary N) is 1. The zero-order valence-electron chi connectivity index (χ0n) is 24.1. The van der Waals surface area contributed by atoms with Gasteiger partial charge < -0.3 is 16.4 Å². The number of nitrogens with one attached hydrogen (secondary N) is 2. The van der Waals surface area contributed by atoms with E-state index in [4.69, 9.17) is 10.7 Å². The highest BCUT2D eigenvalue weighted by Gasteiger charge is 2.21. The van der Waals surface area contributed by atoms with Gasteiger partial charge in [-0.2, -0.15) is 0 Å². The van der Waals surface area contributed by atoms with Gasteiger partial charge in [-0.15, -0.1) is 0 Å². The van der Waals surface area contributed by atoms with E-state index in [1.807, 2.05) is 12.3 Å². The molecule has 212 valence electrons. The molecule has 0 saturated carbocycles. The lowest BCUT2D eigenvalue weighted by molar-refractivity contribution is 0.989. The summed E-state index contributed by atoms with van der Waals surface area (Å²) in [7, 11) is 0.526. The van der Waals surface area contributed by atoms with Crippen LogP contribution in [0.1, 0.15) is 28.3 Å². The highest BCUT2D eigenvalue weighted by atomic mass is 31.1. The monoisotopic (exact) mass is 586 g/mol. The zero-order valence-corrected chi connectivity index (χ0v) is 25.1. The highest BCUT2D eigenvalue weighted by Crippen LogP contribution is 2.38.